The zero-order valence-electron chi connectivity index (χ0n) is 12.8. The summed E-state index contributed by atoms with van der Waals surface area (Å²) in [6.07, 6.45) is -2.77. The number of rotatable bonds is 2. The molecule has 1 aliphatic rings. The monoisotopic (exact) mass is 326 g/mol. The third kappa shape index (κ3) is 3.22. The summed E-state index contributed by atoms with van der Waals surface area (Å²) in [6, 6.07) is 2.62. The largest absolute Gasteiger partial charge is 0.416 e. The summed E-state index contributed by atoms with van der Waals surface area (Å²) in [5.41, 5.74) is 0.892. The van der Waals surface area contributed by atoms with E-state index in [1.54, 1.807) is 13.1 Å². The van der Waals surface area contributed by atoms with Crippen LogP contribution in [-0.4, -0.2) is 26.8 Å². The van der Waals surface area contributed by atoms with Gasteiger partial charge in [0.1, 0.15) is 0 Å². The number of alkyl halides is 3. The minimum Gasteiger partial charge on any atom is -0.385 e. The molecule has 1 aliphatic heterocycles. The van der Waals surface area contributed by atoms with Crippen LogP contribution in [0.15, 0.2) is 12.1 Å². The van der Waals surface area contributed by atoms with Crippen molar-refractivity contribution in [1.82, 2.24) is 20.2 Å². The van der Waals surface area contributed by atoms with Gasteiger partial charge in [0.05, 0.1) is 18.7 Å². The molecule has 1 aromatic carbocycles. The molecule has 0 spiro atoms. The third-order valence-corrected chi connectivity index (χ3v) is 3.87. The average molecular weight is 326 g/mol. The summed E-state index contributed by atoms with van der Waals surface area (Å²) in [5, 5.41) is 17.9. The van der Waals surface area contributed by atoms with Gasteiger partial charge in [0.25, 0.3) is 5.95 Å². The highest BCUT2D eigenvalue weighted by Gasteiger charge is 2.34. The Bertz CT molecular complexity index is 709. The second-order valence-corrected chi connectivity index (χ2v) is 5.62. The van der Waals surface area contributed by atoms with Crippen LogP contribution in [0.4, 0.5) is 24.8 Å². The molecule has 124 valence electrons. The van der Waals surface area contributed by atoms with Gasteiger partial charge in [-0.3, -0.25) is 0 Å². The number of aryl methyl sites for hydroxylation is 2. The number of hydrogen-bond acceptors (Lipinski definition) is 5. The molecule has 0 bridgehead atoms. The Morgan fingerprint density at radius 3 is 2.78 bits per heavy atom. The molecule has 23 heavy (non-hydrogen) atoms. The Morgan fingerprint density at radius 1 is 1.35 bits per heavy atom. The van der Waals surface area contributed by atoms with E-state index in [-0.39, 0.29) is 11.6 Å². The molecule has 1 unspecified atom stereocenters. The van der Waals surface area contributed by atoms with E-state index in [9.17, 15) is 13.2 Å². The van der Waals surface area contributed by atoms with Crippen LogP contribution in [0.3, 0.4) is 0 Å². The fraction of sp³-hybridized carbons (Fsp3) is 0.500. The zero-order valence-corrected chi connectivity index (χ0v) is 12.8. The van der Waals surface area contributed by atoms with E-state index in [1.807, 2.05) is 0 Å². The molecular weight excluding hydrogens is 309 g/mol. The summed E-state index contributed by atoms with van der Waals surface area (Å²) < 4.78 is 39.3. The minimum absolute atomic E-state index is 0.162. The molecule has 6 nitrogen and oxygen atoms in total. The van der Waals surface area contributed by atoms with Crippen molar-refractivity contribution in [2.75, 3.05) is 17.2 Å². The SMILES string of the molecule is Cc1cc2c(cc1C(F)(F)F)NCCCC2Nc1nnn(C)n1. The summed E-state index contributed by atoms with van der Waals surface area (Å²) in [4.78, 5) is 1.33. The van der Waals surface area contributed by atoms with Gasteiger partial charge in [-0.1, -0.05) is 11.2 Å². The van der Waals surface area contributed by atoms with E-state index >= 15 is 0 Å². The van der Waals surface area contributed by atoms with Crippen LogP contribution in [-0.2, 0) is 13.2 Å². The van der Waals surface area contributed by atoms with Gasteiger partial charge in [-0.05, 0) is 42.2 Å². The van der Waals surface area contributed by atoms with Crippen molar-refractivity contribution in [3.8, 4) is 0 Å². The van der Waals surface area contributed by atoms with Crippen LogP contribution >= 0.6 is 0 Å². The van der Waals surface area contributed by atoms with Gasteiger partial charge in [-0.15, -0.1) is 5.10 Å². The summed E-state index contributed by atoms with van der Waals surface area (Å²) in [7, 11) is 1.65. The Labute approximate surface area is 131 Å². The van der Waals surface area contributed by atoms with Crippen LogP contribution in [0.2, 0.25) is 0 Å². The smallest absolute Gasteiger partial charge is 0.385 e. The van der Waals surface area contributed by atoms with Crippen molar-refractivity contribution < 1.29 is 13.2 Å². The first-order valence-electron chi connectivity index (χ1n) is 7.31. The number of nitrogens with zero attached hydrogens (tertiary/aromatic N) is 4. The molecule has 0 saturated heterocycles. The quantitative estimate of drug-likeness (QED) is 0.888. The van der Waals surface area contributed by atoms with Crippen molar-refractivity contribution in [1.29, 1.82) is 0 Å². The predicted molar refractivity (Wildman–Crippen MR) is 79.1 cm³/mol. The number of tetrazole rings is 1. The van der Waals surface area contributed by atoms with E-state index in [0.717, 1.165) is 18.4 Å². The average Bonchev–Trinajstić information content (AvgIpc) is 2.76. The number of nitrogens with one attached hydrogen (secondary N) is 2. The normalized spacial score (nSPS) is 18.0. The van der Waals surface area contributed by atoms with Gasteiger partial charge in [-0.2, -0.15) is 18.0 Å². The molecular formula is C14H17F3N6. The number of fused-ring (bicyclic) bond motifs is 1. The molecule has 1 aromatic heterocycles. The van der Waals surface area contributed by atoms with Gasteiger partial charge >= 0.3 is 6.18 Å². The van der Waals surface area contributed by atoms with Gasteiger partial charge in [0.15, 0.2) is 0 Å². The van der Waals surface area contributed by atoms with Gasteiger partial charge in [0, 0.05) is 12.2 Å². The summed E-state index contributed by atoms with van der Waals surface area (Å²) in [6.45, 7) is 2.10. The van der Waals surface area contributed by atoms with Crippen LogP contribution in [0.25, 0.3) is 0 Å². The van der Waals surface area contributed by atoms with Gasteiger partial charge in [-0.25, -0.2) is 0 Å². The van der Waals surface area contributed by atoms with E-state index in [1.165, 1.54) is 17.8 Å². The van der Waals surface area contributed by atoms with Crippen molar-refractivity contribution in [2.45, 2.75) is 32.0 Å². The maximum absolute atomic E-state index is 13.1. The van der Waals surface area contributed by atoms with E-state index in [2.05, 4.69) is 26.0 Å². The molecule has 1 atom stereocenters. The number of anilines is 2. The van der Waals surface area contributed by atoms with Gasteiger partial charge in [0.2, 0.25) is 0 Å². The molecule has 3 rings (SSSR count). The Balaban J connectivity index is 1.98. The first-order valence-corrected chi connectivity index (χ1v) is 7.31. The zero-order chi connectivity index (χ0) is 16.6. The maximum Gasteiger partial charge on any atom is 0.416 e. The number of aromatic nitrogens is 4. The first kappa shape index (κ1) is 15.6. The highest BCUT2D eigenvalue weighted by Crippen LogP contribution is 2.39. The molecule has 9 heteroatoms. The van der Waals surface area contributed by atoms with Crippen LogP contribution in [0.1, 0.15) is 35.6 Å². The maximum atomic E-state index is 13.1. The Kier molecular flexibility index (Phi) is 3.87. The van der Waals surface area contributed by atoms with Crippen molar-refractivity contribution in [2.24, 2.45) is 7.05 Å². The predicted octanol–water partition coefficient (Wildman–Crippen LogP) is 2.90. The summed E-state index contributed by atoms with van der Waals surface area (Å²) in [5.74, 6) is 0.364. The van der Waals surface area contributed by atoms with Crippen LogP contribution < -0.4 is 10.6 Å². The molecule has 0 fully saturated rings. The molecule has 0 aliphatic carbocycles. The lowest BCUT2D eigenvalue weighted by molar-refractivity contribution is -0.138. The van der Waals surface area contributed by atoms with Crippen LogP contribution in [0, 0.1) is 6.92 Å². The first-order chi connectivity index (χ1) is 10.8. The Morgan fingerprint density at radius 2 is 2.13 bits per heavy atom. The fourth-order valence-electron chi connectivity index (χ4n) is 2.81. The second kappa shape index (κ2) is 5.71. The number of benzene rings is 1. The van der Waals surface area contributed by atoms with Crippen molar-refractivity contribution in [3.63, 3.8) is 0 Å². The fourth-order valence-corrected chi connectivity index (χ4v) is 2.81. The molecule has 0 saturated carbocycles. The van der Waals surface area contributed by atoms with E-state index < -0.39 is 11.7 Å². The topological polar surface area (TPSA) is 67.7 Å². The highest BCUT2D eigenvalue weighted by molar-refractivity contribution is 5.59. The standard InChI is InChI=1S/C14H17F3N6/c1-8-6-9-11(19-13-20-22-23(2)21-13)4-3-5-18-12(9)7-10(8)14(15,16)17/h6-7,11,18H,3-5H2,1-2H3,(H,19,21). The summed E-state index contributed by atoms with van der Waals surface area (Å²) >= 11 is 0. The van der Waals surface area contributed by atoms with E-state index in [0.29, 0.717) is 18.2 Å². The highest BCUT2D eigenvalue weighted by atomic mass is 19.4. The van der Waals surface area contributed by atoms with Crippen molar-refractivity contribution >= 4 is 11.6 Å². The molecule has 2 N–H and O–H groups in total. The lowest BCUT2D eigenvalue weighted by atomic mass is 9.96. The Hall–Kier alpha value is -2.32. The molecule has 0 radical (unpaired) electrons. The number of hydrogen-bond donors (Lipinski definition) is 2. The molecule has 0 amide bonds. The lowest BCUT2D eigenvalue weighted by Gasteiger charge is -2.21. The molecule has 2 heterocycles. The van der Waals surface area contributed by atoms with Crippen LogP contribution in [0.5, 0.6) is 0 Å². The van der Waals surface area contributed by atoms with Gasteiger partial charge < -0.3 is 10.6 Å². The van der Waals surface area contributed by atoms with E-state index in [4.69, 9.17) is 0 Å². The second-order valence-electron chi connectivity index (χ2n) is 5.62. The number of halogens is 3. The van der Waals surface area contributed by atoms with Crippen molar-refractivity contribution in [3.05, 3.63) is 28.8 Å². The lowest BCUT2D eigenvalue weighted by Crippen LogP contribution is -2.14. The minimum atomic E-state index is -4.36. The molecule has 2 aromatic rings. The third-order valence-electron chi connectivity index (χ3n) is 3.87.